The number of carbonyl (C=O) groups is 1. The molecule has 25 heteroatoms. The lowest BCUT2D eigenvalue weighted by Gasteiger charge is -2.44. The summed E-state index contributed by atoms with van der Waals surface area (Å²) in [5.74, 6) is -70.8. The van der Waals surface area contributed by atoms with Crippen LogP contribution in [0.25, 0.3) is 0 Å². The van der Waals surface area contributed by atoms with Crippen molar-refractivity contribution in [2.75, 3.05) is 6.26 Å². The molecule has 6 rings (SSSR count). The molecule has 65 heavy (non-hydrogen) atoms. The first-order valence-corrected chi connectivity index (χ1v) is 19.3. The second-order valence-electron chi connectivity index (χ2n) is 13.5. The molecule has 0 aliphatic heterocycles. The van der Waals surface area contributed by atoms with Crippen molar-refractivity contribution in [3.8, 4) is 5.75 Å². The maximum atomic E-state index is 15.4. The van der Waals surface area contributed by atoms with Gasteiger partial charge in [0, 0.05) is 12.5 Å². The van der Waals surface area contributed by atoms with E-state index in [9.17, 15) is 61.7 Å². The minimum atomic E-state index is -7.22. The van der Waals surface area contributed by atoms with Gasteiger partial charge >= 0.3 is 5.97 Å². The average molecular weight is 968 g/mol. The van der Waals surface area contributed by atoms with Gasteiger partial charge in [0.25, 0.3) is 0 Å². The van der Waals surface area contributed by atoms with Crippen molar-refractivity contribution in [3.63, 3.8) is 0 Å². The summed E-state index contributed by atoms with van der Waals surface area (Å²) >= 11 is 0. The van der Waals surface area contributed by atoms with Crippen molar-refractivity contribution < 1.29 is 102 Å². The third-order valence-corrected chi connectivity index (χ3v) is 11.7. The van der Waals surface area contributed by atoms with Crippen LogP contribution in [-0.2, 0) is 24.7 Å². The first-order valence-electron chi connectivity index (χ1n) is 17.2. The fraction of sp³-hybridized carbons (Fsp3) is 0.0750. The molecular weight excluding hydrogens is 951 g/mol. The van der Waals surface area contributed by atoms with Crippen LogP contribution in [0, 0.1) is 116 Å². The van der Waals surface area contributed by atoms with Crippen LogP contribution in [-0.4, -0.2) is 18.4 Å². The molecule has 0 spiro atoms. The summed E-state index contributed by atoms with van der Waals surface area (Å²) in [6.45, 7) is 1.36. The van der Waals surface area contributed by atoms with E-state index in [0.29, 0.717) is 11.5 Å². The summed E-state index contributed by atoms with van der Waals surface area (Å²) in [6.07, 6.45) is -5.45. The topological polar surface area (TPSA) is 43.4 Å². The average Bonchev–Trinajstić information content (AvgIpc) is 3.27. The molecule has 0 radical (unpaired) electrons. The Hall–Kier alpha value is -6.40. The highest BCUT2D eigenvalue weighted by atomic mass is 32.2. The number of benzene rings is 6. The van der Waals surface area contributed by atoms with Crippen molar-refractivity contribution >= 4 is 43.9 Å². The van der Waals surface area contributed by atoms with Crippen molar-refractivity contribution in [3.05, 3.63) is 177 Å². The largest absolute Gasteiger partial charge is 0.427 e. The summed E-state index contributed by atoms with van der Waals surface area (Å²) in [4.78, 5) is 11.7. The molecule has 1 atom stereocenters. The monoisotopic (exact) mass is 968 g/mol. The SMILES string of the molecule is CC(=O)Oc1ccc(C[S+](C)(=O)c2ccccc2)cc1.Fc1c(F)c(F)c([B-](c2c(F)c(F)c(F)c(F)c2F)(c2c(F)c(F)c(F)c(F)c2F)c2c(F)c(F)c(F)c(F)c2F)c(F)c1F. The van der Waals surface area contributed by atoms with E-state index >= 15 is 35.1 Å². The number of hydrogen-bond acceptors (Lipinski definition) is 3. The van der Waals surface area contributed by atoms with E-state index < -0.39 is 154 Å². The molecule has 6 aromatic rings. The van der Waals surface area contributed by atoms with Crippen LogP contribution in [0.1, 0.15) is 12.5 Å². The quantitative estimate of drug-likeness (QED) is 0.0291. The number of ether oxygens (including phenoxy) is 1. The highest BCUT2D eigenvalue weighted by molar-refractivity contribution is 8.01. The fourth-order valence-electron chi connectivity index (χ4n) is 6.80. The van der Waals surface area contributed by atoms with E-state index in [2.05, 4.69) is 0 Å². The van der Waals surface area contributed by atoms with Gasteiger partial charge < -0.3 is 4.74 Å². The summed E-state index contributed by atoms with van der Waals surface area (Å²) in [5.41, 5.74) is -13.4. The first-order chi connectivity index (χ1) is 30.2. The molecule has 0 aliphatic carbocycles. The summed E-state index contributed by atoms with van der Waals surface area (Å²) in [7, 11) is -2.11. The van der Waals surface area contributed by atoms with Gasteiger partial charge in [0.15, 0.2) is 74.7 Å². The highest BCUT2D eigenvalue weighted by Crippen LogP contribution is 2.31. The van der Waals surface area contributed by atoms with E-state index in [-0.39, 0.29) is 5.97 Å². The normalized spacial score (nSPS) is 12.5. The van der Waals surface area contributed by atoms with Crippen LogP contribution in [0.2, 0.25) is 0 Å². The third-order valence-electron chi connectivity index (χ3n) is 9.58. The Morgan fingerprint density at radius 2 is 0.662 bits per heavy atom. The number of hydrogen-bond donors (Lipinski definition) is 0. The number of carbonyl (C=O) groups excluding carboxylic acids is 1. The molecule has 344 valence electrons. The van der Waals surface area contributed by atoms with E-state index in [1.807, 2.05) is 42.5 Å². The second-order valence-corrected chi connectivity index (χ2v) is 16.3. The predicted octanol–water partition coefficient (Wildman–Crippen LogP) is 9.15. The van der Waals surface area contributed by atoms with E-state index in [4.69, 9.17) is 4.74 Å². The van der Waals surface area contributed by atoms with Gasteiger partial charge in [-0.05, 0) is 24.3 Å². The standard InChI is InChI=1S/C24BF20.C16H17O3S/c26-5-1(6(27)14(35)21(42)13(5)34)25(2-7(28)15(36)22(43)16(37)8(2)29,3-9(30)17(38)23(44)18(39)10(3)31)4-11(32)19(40)24(45)20(41)12(4)33;1-13(17)19-15-10-8-14(9-11-15)12-20(2,18)16-6-4-3-5-7-16/h;3-11H,12H2,1-2H3/q-1;+1. The molecule has 0 aromatic heterocycles. The molecule has 6 aromatic carbocycles. The van der Waals surface area contributed by atoms with Crippen LogP contribution in [0.5, 0.6) is 5.75 Å². The molecule has 3 nitrogen and oxygen atoms in total. The first kappa shape index (κ1) is 49.6. The number of esters is 1. The maximum Gasteiger partial charge on any atom is 0.308 e. The molecule has 0 heterocycles. The zero-order valence-corrected chi connectivity index (χ0v) is 32.5. The van der Waals surface area contributed by atoms with E-state index in [1.165, 1.54) is 6.92 Å². The Morgan fingerprint density at radius 3 is 0.908 bits per heavy atom. The van der Waals surface area contributed by atoms with Crippen LogP contribution in [0.4, 0.5) is 87.8 Å². The minimum Gasteiger partial charge on any atom is -0.427 e. The van der Waals surface area contributed by atoms with Crippen LogP contribution >= 0.6 is 0 Å². The zero-order valence-electron chi connectivity index (χ0n) is 31.7. The van der Waals surface area contributed by atoms with Gasteiger partial charge in [-0.1, -0.05) is 34.5 Å². The van der Waals surface area contributed by atoms with E-state index in [1.54, 1.807) is 18.4 Å². The Kier molecular flexibility index (Phi) is 13.9. The van der Waals surface area contributed by atoms with Gasteiger partial charge in [0.2, 0.25) is 0 Å². The molecule has 0 N–H and O–H groups in total. The molecular formula is C40H17BF20O3S. The maximum absolute atomic E-state index is 15.4. The molecule has 0 saturated heterocycles. The van der Waals surface area contributed by atoms with Crippen LogP contribution in [0.15, 0.2) is 59.5 Å². The van der Waals surface area contributed by atoms with Crippen molar-refractivity contribution in [1.82, 2.24) is 0 Å². The Morgan fingerprint density at radius 1 is 0.415 bits per heavy atom. The fourth-order valence-corrected chi connectivity index (χ4v) is 8.53. The Labute approximate surface area is 351 Å². The van der Waals surface area contributed by atoms with Crippen molar-refractivity contribution in [2.45, 2.75) is 17.6 Å². The zero-order chi connectivity index (χ0) is 48.9. The summed E-state index contributed by atoms with van der Waals surface area (Å²) in [5, 5.41) is 0. The Balaban J connectivity index is 0.000000330. The Bertz CT molecular complexity index is 2570. The molecule has 0 fully saturated rings. The summed E-state index contributed by atoms with van der Waals surface area (Å²) < 4.78 is 312. The van der Waals surface area contributed by atoms with Gasteiger partial charge in [-0.15, -0.1) is 21.9 Å². The van der Waals surface area contributed by atoms with Crippen LogP contribution in [0.3, 0.4) is 0 Å². The van der Waals surface area contributed by atoms with Gasteiger partial charge in [-0.25, -0.2) is 87.8 Å². The number of halogens is 20. The lowest BCUT2D eigenvalue weighted by atomic mass is 9.12. The van der Waals surface area contributed by atoms with Crippen LogP contribution < -0.4 is 26.6 Å². The lowest BCUT2D eigenvalue weighted by Crippen LogP contribution is -2.81. The minimum absolute atomic E-state index is 0.346. The molecule has 1 unspecified atom stereocenters. The number of rotatable bonds is 8. The van der Waals surface area contributed by atoms with Gasteiger partial charge in [-0.2, -0.15) is 0 Å². The van der Waals surface area contributed by atoms with Gasteiger partial charge in [0.05, 0.1) is 0 Å². The smallest absolute Gasteiger partial charge is 0.308 e. The van der Waals surface area contributed by atoms with E-state index in [0.717, 1.165) is 10.5 Å². The van der Waals surface area contributed by atoms with Crippen molar-refractivity contribution in [2.24, 2.45) is 0 Å². The molecule has 0 aliphatic rings. The van der Waals surface area contributed by atoms with Gasteiger partial charge in [-0.3, -0.25) is 4.79 Å². The predicted molar refractivity (Wildman–Crippen MR) is 189 cm³/mol. The molecule has 0 amide bonds. The lowest BCUT2D eigenvalue weighted by molar-refractivity contribution is -0.131. The van der Waals surface area contributed by atoms with Gasteiger partial charge in [0.1, 0.15) is 80.4 Å². The molecule has 0 saturated carbocycles. The second kappa shape index (κ2) is 18.2. The summed E-state index contributed by atoms with van der Waals surface area (Å²) in [6, 6.07) is 16.6. The molecule has 0 bridgehead atoms. The van der Waals surface area contributed by atoms with Crippen molar-refractivity contribution in [1.29, 1.82) is 0 Å². The highest BCUT2D eigenvalue weighted by Gasteiger charge is 2.52. The third kappa shape index (κ3) is 8.29.